The van der Waals surface area contributed by atoms with E-state index >= 15 is 0 Å². The number of hydrogen-bond acceptors (Lipinski definition) is 7. The molecule has 2 amide bonds. The number of rotatable bonds is 12. The van der Waals surface area contributed by atoms with Crippen molar-refractivity contribution >= 4 is 40.8 Å². The predicted octanol–water partition coefficient (Wildman–Crippen LogP) is 4.91. The Kier molecular flexibility index (Phi) is 11.1. The number of aromatic nitrogens is 2. The highest BCUT2D eigenvalue weighted by Crippen LogP contribution is 2.27. The molecule has 0 fully saturated rings. The van der Waals surface area contributed by atoms with E-state index < -0.39 is 47.9 Å². The first-order chi connectivity index (χ1) is 19.8. The lowest BCUT2D eigenvalue weighted by Gasteiger charge is -2.27. The number of amides is 2. The maximum atomic E-state index is 13.6. The standard InChI is InChI=1S/C28H27Cl2F3N4O5/c1-15(2)23(25(38)28(31,32)33)36-27(40)24(16-4-6-20(41-3)7-5-16)37-26(39)22(13-19-14-34-8-9-35-19)42-21-11-17(29)10-18(30)12-21/h4-12,14-15,22-24H,13H2,1-3H3,(H,36,40)(H,37,39)/t22-,23+,24+/m1/s1. The number of nitrogens with one attached hydrogen (secondary N) is 2. The van der Waals surface area contributed by atoms with Crippen LogP contribution in [0.4, 0.5) is 13.2 Å². The zero-order valence-electron chi connectivity index (χ0n) is 22.6. The van der Waals surface area contributed by atoms with Crippen LogP contribution in [-0.4, -0.2) is 53.0 Å². The summed E-state index contributed by atoms with van der Waals surface area (Å²) in [5.41, 5.74) is 0.569. The third-order valence-corrected chi connectivity index (χ3v) is 6.38. The van der Waals surface area contributed by atoms with Gasteiger partial charge in [0.1, 0.15) is 17.5 Å². The van der Waals surface area contributed by atoms with Crippen molar-refractivity contribution < 1.29 is 37.0 Å². The number of Topliss-reactive ketones (excluding diaryl/α,β-unsaturated/α-hetero) is 1. The van der Waals surface area contributed by atoms with Crippen LogP contribution in [0.1, 0.15) is 31.1 Å². The van der Waals surface area contributed by atoms with Gasteiger partial charge in [-0.2, -0.15) is 13.2 Å². The van der Waals surface area contributed by atoms with Crippen molar-refractivity contribution in [1.29, 1.82) is 0 Å². The van der Waals surface area contributed by atoms with Gasteiger partial charge in [0, 0.05) is 35.1 Å². The quantitative estimate of drug-likeness (QED) is 0.293. The molecule has 0 radical (unpaired) electrons. The van der Waals surface area contributed by atoms with Crippen LogP contribution in [0.2, 0.25) is 10.0 Å². The van der Waals surface area contributed by atoms with Crippen LogP contribution in [-0.2, 0) is 20.8 Å². The molecule has 2 aromatic carbocycles. The van der Waals surface area contributed by atoms with E-state index in [0.717, 1.165) is 0 Å². The molecule has 224 valence electrons. The molecular formula is C28H27Cl2F3N4O5. The van der Waals surface area contributed by atoms with E-state index in [4.69, 9.17) is 32.7 Å². The first kappa shape index (κ1) is 32.6. The number of benzene rings is 2. The highest BCUT2D eigenvalue weighted by molar-refractivity contribution is 6.34. The number of carbonyl (C=O) groups is 3. The summed E-state index contributed by atoms with van der Waals surface area (Å²) in [6, 6.07) is 6.81. The maximum absolute atomic E-state index is 13.6. The Hall–Kier alpha value is -3.90. The van der Waals surface area contributed by atoms with Crippen LogP contribution in [0.15, 0.2) is 61.1 Å². The van der Waals surface area contributed by atoms with Crippen LogP contribution in [0.5, 0.6) is 11.5 Å². The topological polar surface area (TPSA) is 120 Å². The molecule has 3 rings (SSSR count). The molecule has 0 saturated carbocycles. The molecule has 0 bridgehead atoms. The van der Waals surface area contributed by atoms with Crippen LogP contribution < -0.4 is 20.1 Å². The van der Waals surface area contributed by atoms with Gasteiger partial charge in [-0.3, -0.25) is 24.4 Å². The molecule has 0 aliphatic rings. The van der Waals surface area contributed by atoms with Crippen molar-refractivity contribution in [3.63, 3.8) is 0 Å². The van der Waals surface area contributed by atoms with Crippen LogP contribution in [0.25, 0.3) is 0 Å². The third kappa shape index (κ3) is 9.05. The number of halogens is 5. The normalized spacial score (nSPS) is 13.5. The third-order valence-electron chi connectivity index (χ3n) is 5.94. The van der Waals surface area contributed by atoms with E-state index in [2.05, 4.69) is 20.6 Å². The van der Waals surface area contributed by atoms with Crippen molar-refractivity contribution in [3.05, 3.63) is 82.4 Å². The molecule has 42 heavy (non-hydrogen) atoms. The molecule has 3 atom stereocenters. The van der Waals surface area contributed by atoms with Gasteiger partial charge >= 0.3 is 6.18 Å². The van der Waals surface area contributed by atoms with E-state index in [0.29, 0.717) is 11.4 Å². The molecule has 14 heteroatoms. The largest absolute Gasteiger partial charge is 0.497 e. The minimum absolute atomic E-state index is 0.109. The number of nitrogens with zero attached hydrogens (tertiary/aromatic N) is 2. The molecule has 0 saturated heterocycles. The van der Waals surface area contributed by atoms with E-state index in [1.807, 2.05) is 0 Å². The second-order valence-corrected chi connectivity index (χ2v) is 10.3. The Morgan fingerprint density at radius 3 is 2.10 bits per heavy atom. The fourth-order valence-corrected chi connectivity index (χ4v) is 4.36. The van der Waals surface area contributed by atoms with Crippen molar-refractivity contribution in [2.75, 3.05) is 7.11 Å². The van der Waals surface area contributed by atoms with Crippen molar-refractivity contribution in [2.45, 2.75) is 44.6 Å². The SMILES string of the molecule is COc1ccc([C@H](NC(=O)[C@@H](Cc2cnccn2)Oc2cc(Cl)cc(Cl)c2)C(=O)N[C@H](C(=O)C(F)(F)F)C(C)C)cc1. The summed E-state index contributed by atoms with van der Waals surface area (Å²) >= 11 is 12.2. The fourth-order valence-electron chi connectivity index (χ4n) is 3.85. The second-order valence-electron chi connectivity index (χ2n) is 9.42. The summed E-state index contributed by atoms with van der Waals surface area (Å²) in [5.74, 6) is -4.33. The summed E-state index contributed by atoms with van der Waals surface area (Å²) < 4.78 is 50.8. The number of hydrogen-bond donors (Lipinski definition) is 2. The summed E-state index contributed by atoms with van der Waals surface area (Å²) in [6.45, 7) is 2.72. The zero-order chi connectivity index (χ0) is 31.0. The second kappa shape index (κ2) is 14.3. The molecule has 1 aromatic heterocycles. The Bertz CT molecular complexity index is 1370. The lowest BCUT2D eigenvalue weighted by molar-refractivity contribution is -0.175. The van der Waals surface area contributed by atoms with Gasteiger partial charge in [-0.1, -0.05) is 49.2 Å². The highest BCUT2D eigenvalue weighted by Gasteiger charge is 2.45. The van der Waals surface area contributed by atoms with Gasteiger partial charge < -0.3 is 20.1 Å². The van der Waals surface area contributed by atoms with Crippen LogP contribution in [0.3, 0.4) is 0 Å². The molecular weight excluding hydrogens is 600 g/mol. The van der Waals surface area contributed by atoms with Crippen molar-refractivity contribution in [1.82, 2.24) is 20.6 Å². The first-order valence-corrected chi connectivity index (χ1v) is 13.3. The van der Waals surface area contributed by atoms with Crippen LogP contribution >= 0.6 is 23.2 Å². The summed E-state index contributed by atoms with van der Waals surface area (Å²) in [7, 11) is 1.42. The van der Waals surface area contributed by atoms with Crippen molar-refractivity contribution in [2.24, 2.45) is 5.92 Å². The number of alkyl halides is 3. The van der Waals surface area contributed by atoms with E-state index in [9.17, 15) is 27.6 Å². The highest BCUT2D eigenvalue weighted by atomic mass is 35.5. The Labute approximate surface area is 249 Å². The van der Waals surface area contributed by atoms with Gasteiger partial charge in [0.2, 0.25) is 5.91 Å². The number of carbonyl (C=O) groups excluding carboxylic acids is 3. The average molecular weight is 627 g/mol. The minimum atomic E-state index is -5.19. The average Bonchev–Trinajstić information content (AvgIpc) is 2.93. The fraction of sp³-hybridized carbons (Fsp3) is 0.321. The number of methoxy groups -OCH3 is 1. The summed E-state index contributed by atoms with van der Waals surface area (Å²) in [6.07, 6.45) is -2.34. The number of ketones is 1. The zero-order valence-corrected chi connectivity index (χ0v) is 24.1. The molecule has 9 nitrogen and oxygen atoms in total. The molecule has 0 aliphatic heterocycles. The Morgan fingerprint density at radius 2 is 1.57 bits per heavy atom. The molecule has 0 spiro atoms. The summed E-state index contributed by atoms with van der Waals surface area (Å²) in [5, 5.41) is 5.17. The van der Waals surface area contributed by atoms with Gasteiger partial charge in [-0.15, -0.1) is 0 Å². The predicted molar refractivity (Wildman–Crippen MR) is 148 cm³/mol. The Balaban J connectivity index is 1.96. The van der Waals surface area contributed by atoms with E-state index in [1.54, 1.807) is 0 Å². The molecule has 3 aromatic rings. The van der Waals surface area contributed by atoms with E-state index in [-0.39, 0.29) is 27.8 Å². The Morgan fingerprint density at radius 1 is 0.929 bits per heavy atom. The van der Waals surface area contributed by atoms with Gasteiger partial charge in [0.25, 0.3) is 11.7 Å². The first-order valence-electron chi connectivity index (χ1n) is 12.5. The monoisotopic (exact) mass is 626 g/mol. The van der Waals surface area contributed by atoms with Crippen molar-refractivity contribution in [3.8, 4) is 11.5 Å². The molecule has 1 heterocycles. The molecule has 2 N–H and O–H groups in total. The van der Waals surface area contributed by atoms with Crippen LogP contribution in [0, 0.1) is 5.92 Å². The van der Waals surface area contributed by atoms with Gasteiger partial charge in [0.05, 0.1) is 18.8 Å². The van der Waals surface area contributed by atoms with Gasteiger partial charge in [0.15, 0.2) is 6.10 Å². The van der Waals surface area contributed by atoms with Gasteiger partial charge in [-0.25, -0.2) is 0 Å². The smallest absolute Gasteiger partial charge is 0.452 e. The van der Waals surface area contributed by atoms with E-state index in [1.165, 1.54) is 82.0 Å². The lowest BCUT2D eigenvalue weighted by atomic mass is 9.97. The molecule has 0 aliphatic carbocycles. The van der Waals surface area contributed by atoms with Gasteiger partial charge in [-0.05, 0) is 41.8 Å². The minimum Gasteiger partial charge on any atom is -0.497 e. The summed E-state index contributed by atoms with van der Waals surface area (Å²) in [4.78, 5) is 47.3. The maximum Gasteiger partial charge on any atom is 0.452 e. The lowest BCUT2D eigenvalue weighted by Crippen LogP contribution is -2.53. The molecule has 0 unspecified atom stereocenters. The number of ether oxygens (including phenoxy) is 2.